The molecule has 0 aliphatic carbocycles. The summed E-state index contributed by atoms with van der Waals surface area (Å²) in [6.45, 7) is 2.10. The molecule has 0 aliphatic heterocycles. The summed E-state index contributed by atoms with van der Waals surface area (Å²) in [5.41, 5.74) is -0.931. The molecule has 0 spiro atoms. The maximum atomic E-state index is 14.2. The quantitative estimate of drug-likeness (QED) is 0.146. The third-order valence-electron chi connectivity index (χ3n) is 5.60. The highest BCUT2D eigenvalue weighted by Crippen LogP contribution is 2.34. The molecule has 1 heterocycles. The van der Waals surface area contributed by atoms with E-state index in [1.807, 2.05) is 6.92 Å². The first-order chi connectivity index (χ1) is 20.0. The van der Waals surface area contributed by atoms with Crippen LogP contribution in [-0.4, -0.2) is 38.9 Å². The van der Waals surface area contributed by atoms with Crippen LogP contribution >= 0.6 is 35.0 Å². The van der Waals surface area contributed by atoms with Crippen LogP contribution in [0.3, 0.4) is 0 Å². The lowest BCUT2D eigenvalue weighted by atomic mass is 10.2. The van der Waals surface area contributed by atoms with Gasteiger partial charge in [0.15, 0.2) is 11.0 Å². The number of alkyl halides is 3. The summed E-state index contributed by atoms with van der Waals surface area (Å²) in [5.74, 6) is -1.64. The van der Waals surface area contributed by atoms with E-state index in [-0.39, 0.29) is 44.6 Å². The van der Waals surface area contributed by atoms with Crippen LogP contribution in [-0.2, 0) is 17.5 Å². The fourth-order valence-electron chi connectivity index (χ4n) is 3.70. The second kappa shape index (κ2) is 13.4. The lowest BCUT2D eigenvalue weighted by molar-refractivity contribution is -0.137. The molecule has 0 unspecified atom stereocenters. The third-order valence-corrected chi connectivity index (χ3v) is 7.18. The molecular weight excluding hydrogens is 621 g/mol. The molecule has 1 aromatic heterocycles. The van der Waals surface area contributed by atoms with Gasteiger partial charge >= 0.3 is 6.18 Å². The smallest absolute Gasteiger partial charge is 0.416 e. The Morgan fingerprint density at radius 3 is 2.43 bits per heavy atom. The van der Waals surface area contributed by atoms with Crippen LogP contribution in [0.5, 0.6) is 5.75 Å². The SMILES string of the molecule is CCOc1ccc(-n2c(CNC(=O)c3c(F)cccc3Cl)nnc2SCC(=O)Nc2cc(C(F)(F)F)ccc2Cl)cc1. The van der Waals surface area contributed by atoms with Crippen molar-refractivity contribution in [3.05, 3.63) is 93.5 Å². The molecule has 0 saturated carbocycles. The number of aromatic nitrogens is 3. The largest absolute Gasteiger partial charge is 0.494 e. The zero-order chi connectivity index (χ0) is 30.4. The van der Waals surface area contributed by atoms with Gasteiger partial charge in [0.25, 0.3) is 5.91 Å². The van der Waals surface area contributed by atoms with Crippen LogP contribution in [0.2, 0.25) is 10.0 Å². The predicted molar refractivity (Wildman–Crippen MR) is 151 cm³/mol. The van der Waals surface area contributed by atoms with Crippen LogP contribution in [0.4, 0.5) is 23.2 Å². The number of hydrogen-bond acceptors (Lipinski definition) is 6. The van der Waals surface area contributed by atoms with E-state index in [4.69, 9.17) is 27.9 Å². The summed E-state index contributed by atoms with van der Waals surface area (Å²) in [6, 6.07) is 13.3. The molecule has 8 nitrogen and oxygen atoms in total. The molecule has 15 heteroatoms. The number of carbonyl (C=O) groups excluding carboxylic acids is 2. The standard InChI is InChI=1S/C27H21Cl2F4N5O3S/c1-2-41-17-9-7-16(8-10-17)38-22(13-34-25(40)24-19(29)4-3-5-20(24)30)36-37-26(38)42-14-23(39)35-21-12-15(27(31,32)33)6-11-18(21)28/h3-12H,2,13-14H2,1H3,(H,34,40)(H,35,39). The van der Waals surface area contributed by atoms with Gasteiger partial charge < -0.3 is 15.4 Å². The van der Waals surface area contributed by atoms with E-state index in [2.05, 4.69) is 20.8 Å². The molecule has 0 saturated heterocycles. The van der Waals surface area contributed by atoms with Gasteiger partial charge in [0.05, 0.1) is 45.8 Å². The Balaban J connectivity index is 1.55. The number of nitrogens with zero attached hydrogens (tertiary/aromatic N) is 3. The van der Waals surface area contributed by atoms with Gasteiger partial charge in [0.2, 0.25) is 5.91 Å². The summed E-state index contributed by atoms with van der Waals surface area (Å²) in [5, 5.41) is 13.3. The normalized spacial score (nSPS) is 11.3. The minimum Gasteiger partial charge on any atom is -0.494 e. The van der Waals surface area contributed by atoms with E-state index >= 15 is 0 Å². The first-order valence-corrected chi connectivity index (χ1v) is 13.9. The summed E-state index contributed by atoms with van der Waals surface area (Å²) >= 11 is 12.9. The number of nitrogens with one attached hydrogen (secondary N) is 2. The highest BCUT2D eigenvalue weighted by atomic mass is 35.5. The number of amides is 2. The number of thioether (sulfide) groups is 1. The Bertz CT molecular complexity index is 1580. The Kier molecular flexibility index (Phi) is 9.97. The van der Waals surface area contributed by atoms with Crippen molar-refractivity contribution >= 4 is 52.5 Å². The number of carbonyl (C=O) groups is 2. The molecule has 4 aromatic rings. The molecule has 42 heavy (non-hydrogen) atoms. The van der Waals surface area contributed by atoms with Gasteiger partial charge in [-0.15, -0.1) is 10.2 Å². The van der Waals surface area contributed by atoms with Crippen molar-refractivity contribution in [3.8, 4) is 11.4 Å². The van der Waals surface area contributed by atoms with E-state index in [0.717, 1.165) is 36.0 Å². The van der Waals surface area contributed by atoms with Gasteiger partial charge in [-0.25, -0.2) is 4.39 Å². The van der Waals surface area contributed by atoms with E-state index in [0.29, 0.717) is 18.0 Å². The maximum Gasteiger partial charge on any atom is 0.416 e. The maximum absolute atomic E-state index is 14.2. The summed E-state index contributed by atoms with van der Waals surface area (Å²) in [6.07, 6.45) is -4.61. The zero-order valence-electron chi connectivity index (χ0n) is 21.6. The van der Waals surface area contributed by atoms with Crippen LogP contribution in [0.15, 0.2) is 65.8 Å². The molecule has 0 radical (unpaired) electrons. The molecule has 4 rings (SSSR count). The molecule has 0 aliphatic rings. The average molecular weight is 642 g/mol. The van der Waals surface area contributed by atoms with E-state index in [1.54, 1.807) is 28.8 Å². The van der Waals surface area contributed by atoms with Crippen molar-refractivity contribution in [2.24, 2.45) is 0 Å². The van der Waals surface area contributed by atoms with Crippen molar-refractivity contribution in [1.29, 1.82) is 0 Å². The number of halogens is 6. The number of benzene rings is 3. The second-order valence-electron chi connectivity index (χ2n) is 8.47. The summed E-state index contributed by atoms with van der Waals surface area (Å²) in [4.78, 5) is 25.3. The lowest BCUT2D eigenvalue weighted by Gasteiger charge is -2.13. The molecule has 0 fully saturated rings. The molecule has 2 N–H and O–H groups in total. The first-order valence-electron chi connectivity index (χ1n) is 12.2. The van der Waals surface area contributed by atoms with Crippen LogP contribution in [0.25, 0.3) is 5.69 Å². The minimum absolute atomic E-state index is 0.0631. The van der Waals surface area contributed by atoms with Gasteiger partial charge in [-0.3, -0.25) is 14.2 Å². The van der Waals surface area contributed by atoms with Crippen molar-refractivity contribution in [2.75, 3.05) is 17.7 Å². The number of rotatable bonds is 10. The Labute approximate surface area is 251 Å². The summed E-state index contributed by atoms with van der Waals surface area (Å²) < 4.78 is 60.5. The summed E-state index contributed by atoms with van der Waals surface area (Å²) in [7, 11) is 0. The van der Waals surface area contributed by atoms with Gasteiger partial charge in [-0.2, -0.15) is 13.2 Å². The second-order valence-corrected chi connectivity index (χ2v) is 10.2. The number of hydrogen-bond donors (Lipinski definition) is 2. The van der Waals surface area contributed by atoms with Gasteiger partial charge in [0.1, 0.15) is 11.6 Å². The molecule has 220 valence electrons. The van der Waals surface area contributed by atoms with Crippen molar-refractivity contribution in [2.45, 2.75) is 24.8 Å². The minimum atomic E-state index is -4.61. The topological polar surface area (TPSA) is 98.1 Å². The van der Waals surface area contributed by atoms with Crippen LogP contribution in [0, 0.1) is 5.82 Å². The highest BCUT2D eigenvalue weighted by molar-refractivity contribution is 7.99. The third kappa shape index (κ3) is 7.52. The predicted octanol–water partition coefficient (Wildman–Crippen LogP) is 6.79. The fourth-order valence-corrected chi connectivity index (χ4v) is 4.89. The van der Waals surface area contributed by atoms with Gasteiger partial charge in [0, 0.05) is 5.69 Å². The van der Waals surface area contributed by atoms with Crippen molar-refractivity contribution in [3.63, 3.8) is 0 Å². The van der Waals surface area contributed by atoms with E-state index in [9.17, 15) is 27.2 Å². The zero-order valence-corrected chi connectivity index (χ0v) is 24.0. The molecule has 0 atom stereocenters. The Hall–Kier alpha value is -3.81. The number of ether oxygens (including phenoxy) is 1. The van der Waals surface area contributed by atoms with Crippen LogP contribution in [0.1, 0.15) is 28.7 Å². The van der Waals surface area contributed by atoms with E-state index in [1.165, 1.54) is 12.1 Å². The van der Waals surface area contributed by atoms with Crippen LogP contribution < -0.4 is 15.4 Å². The lowest BCUT2D eigenvalue weighted by Crippen LogP contribution is -2.26. The first kappa shape index (κ1) is 31.1. The van der Waals surface area contributed by atoms with Crippen molar-refractivity contribution in [1.82, 2.24) is 20.1 Å². The Morgan fingerprint density at radius 1 is 1.02 bits per heavy atom. The fraction of sp³-hybridized carbons (Fsp3) is 0.185. The highest BCUT2D eigenvalue weighted by Gasteiger charge is 2.31. The average Bonchev–Trinajstić information content (AvgIpc) is 3.34. The molecule has 0 bridgehead atoms. The molecule has 3 aromatic carbocycles. The van der Waals surface area contributed by atoms with E-state index < -0.39 is 29.4 Å². The van der Waals surface area contributed by atoms with Crippen molar-refractivity contribution < 1.29 is 31.9 Å². The molecular formula is C27H21Cl2F4N5O3S. The monoisotopic (exact) mass is 641 g/mol. The molecule has 2 amide bonds. The Morgan fingerprint density at radius 2 is 1.76 bits per heavy atom. The number of anilines is 1. The van der Waals surface area contributed by atoms with Gasteiger partial charge in [-0.1, -0.05) is 41.0 Å². The van der Waals surface area contributed by atoms with Gasteiger partial charge in [-0.05, 0) is 61.5 Å².